The molecule has 2 aliphatic heterocycles. The number of methoxy groups -OCH3 is 1. The highest BCUT2D eigenvalue weighted by Crippen LogP contribution is 2.36. The van der Waals surface area contributed by atoms with Crippen LogP contribution in [0.15, 0.2) is 25.0 Å². The Morgan fingerprint density at radius 3 is 2.45 bits per heavy atom. The van der Waals surface area contributed by atoms with Crippen molar-refractivity contribution in [3.8, 4) is 6.07 Å². The molecule has 2 aliphatic rings. The van der Waals surface area contributed by atoms with Gasteiger partial charge in [0.1, 0.15) is 12.4 Å². The van der Waals surface area contributed by atoms with Crippen molar-refractivity contribution >= 4 is 22.8 Å². The number of hydrogen-bond donors (Lipinski definition) is 0. The first-order valence-corrected chi connectivity index (χ1v) is 9.64. The minimum atomic E-state index is 0.392. The van der Waals surface area contributed by atoms with E-state index in [0.29, 0.717) is 36.5 Å². The van der Waals surface area contributed by atoms with E-state index in [2.05, 4.69) is 40.8 Å². The Balaban J connectivity index is 1.34. The minimum absolute atomic E-state index is 0.392. The summed E-state index contributed by atoms with van der Waals surface area (Å²) in [6.07, 6.45) is 6.63. The Labute approximate surface area is 167 Å². The maximum atomic E-state index is 9.31. The topological polar surface area (TPSA) is 109 Å². The smallest absolute Gasteiger partial charge is 0.183 e. The van der Waals surface area contributed by atoms with Crippen LogP contribution in [0.5, 0.6) is 0 Å². The highest BCUT2D eigenvalue weighted by atomic mass is 16.5. The largest absolute Gasteiger partial charge is 0.383 e. The van der Waals surface area contributed by atoms with Gasteiger partial charge in [0, 0.05) is 64.1 Å². The molecule has 3 aromatic heterocycles. The highest BCUT2D eigenvalue weighted by Gasteiger charge is 2.42. The molecule has 29 heavy (non-hydrogen) atoms. The molecule has 0 aromatic carbocycles. The van der Waals surface area contributed by atoms with E-state index in [9.17, 15) is 5.26 Å². The second kappa shape index (κ2) is 7.25. The number of rotatable bonds is 5. The Bertz CT molecular complexity index is 1060. The summed E-state index contributed by atoms with van der Waals surface area (Å²) in [5, 5.41) is 9.31. The number of ether oxygens (including phenoxy) is 1. The summed E-state index contributed by atoms with van der Waals surface area (Å²) in [6, 6.07) is 2.15. The van der Waals surface area contributed by atoms with Crippen LogP contribution in [-0.2, 0) is 11.3 Å². The van der Waals surface area contributed by atoms with E-state index in [1.54, 1.807) is 32.2 Å². The summed E-state index contributed by atoms with van der Waals surface area (Å²) in [4.78, 5) is 26.6. The Kier molecular flexibility index (Phi) is 4.44. The first-order valence-electron chi connectivity index (χ1n) is 9.64. The molecule has 2 unspecified atom stereocenters. The average molecular weight is 391 g/mol. The SMILES string of the molecule is COCCn1cnc2c(N3CC4CN(c5nccnc5C#N)CC4C3)ncnc21. The number of aromatic nitrogens is 6. The van der Waals surface area contributed by atoms with Gasteiger partial charge in [0.25, 0.3) is 0 Å². The highest BCUT2D eigenvalue weighted by molar-refractivity contribution is 5.83. The molecule has 0 spiro atoms. The van der Waals surface area contributed by atoms with Gasteiger partial charge < -0.3 is 19.1 Å². The van der Waals surface area contributed by atoms with E-state index in [4.69, 9.17) is 4.74 Å². The van der Waals surface area contributed by atoms with Crippen molar-refractivity contribution in [3.63, 3.8) is 0 Å². The summed E-state index contributed by atoms with van der Waals surface area (Å²) in [5.41, 5.74) is 2.06. The molecule has 3 aromatic rings. The van der Waals surface area contributed by atoms with Crippen molar-refractivity contribution in [1.29, 1.82) is 5.26 Å². The normalized spacial score (nSPS) is 21.0. The molecule has 10 nitrogen and oxygen atoms in total. The van der Waals surface area contributed by atoms with E-state index in [0.717, 1.165) is 43.2 Å². The fourth-order valence-electron chi connectivity index (χ4n) is 4.43. The summed E-state index contributed by atoms with van der Waals surface area (Å²) in [6.45, 7) is 4.86. The van der Waals surface area contributed by atoms with Crippen molar-refractivity contribution in [1.82, 2.24) is 29.5 Å². The molecular formula is C19H21N9O. The summed E-state index contributed by atoms with van der Waals surface area (Å²) in [5.74, 6) is 2.56. The van der Waals surface area contributed by atoms with Crippen molar-refractivity contribution in [2.45, 2.75) is 6.54 Å². The van der Waals surface area contributed by atoms with Crippen molar-refractivity contribution in [2.24, 2.45) is 11.8 Å². The second-order valence-electron chi connectivity index (χ2n) is 7.47. The summed E-state index contributed by atoms with van der Waals surface area (Å²) < 4.78 is 7.17. The maximum absolute atomic E-state index is 9.31. The summed E-state index contributed by atoms with van der Waals surface area (Å²) in [7, 11) is 1.69. The van der Waals surface area contributed by atoms with Gasteiger partial charge in [-0.15, -0.1) is 0 Å². The van der Waals surface area contributed by atoms with Crippen LogP contribution in [0.4, 0.5) is 11.6 Å². The second-order valence-corrected chi connectivity index (χ2v) is 7.47. The standard InChI is InChI=1S/C19H21N9O/c1-29-5-4-26-12-25-16-18(26)23-11-24-19(16)28-9-13-7-27(8-14(13)10-28)17-15(6-20)21-2-3-22-17/h2-3,11-14H,4-5,7-10H2,1H3. The lowest BCUT2D eigenvalue weighted by molar-refractivity contribution is 0.188. The number of nitriles is 1. The minimum Gasteiger partial charge on any atom is -0.383 e. The zero-order valence-corrected chi connectivity index (χ0v) is 16.1. The zero-order valence-electron chi connectivity index (χ0n) is 16.1. The lowest BCUT2D eigenvalue weighted by Gasteiger charge is -2.23. The maximum Gasteiger partial charge on any atom is 0.183 e. The Morgan fingerprint density at radius 2 is 1.72 bits per heavy atom. The molecule has 2 saturated heterocycles. The van der Waals surface area contributed by atoms with E-state index >= 15 is 0 Å². The van der Waals surface area contributed by atoms with Crippen LogP contribution in [0.1, 0.15) is 5.69 Å². The van der Waals surface area contributed by atoms with Crippen molar-refractivity contribution in [2.75, 3.05) is 49.7 Å². The van der Waals surface area contributed by atoms with Crippen LogP contribution < -0.4 is 9.80 Å². The molecule has 0 radical (unpaired) electrons. The Morgan fingerprint density at radius 1 is 1.00 bits per heavy atom. The quantitative estimate of drug-likeness (QED) is 0.621. The molecule has 2 fully saturated rings. The fraction of sp³-hybridized carbons (Fsp3) is 0.474. The van der Waals surface area contributed by atoms with Gasteiger partial charge in [0.05, 0.1) is 12.9 Å². The predicted molar refractivity (Wildman–Crippen MR) is 105 cm³/mol. The monoisotopic (exact) mass is 391 g/mol. The lowest BCUT2D eigenvalue weighted by Crippen LogP contribution is -2.30. The van der Waals surface area contributed by atoms with Gasteiger partial charge in [0.15, 0.2) is 28.5 Å². The third-order valence-electron chi connectivity index (χ3n) is 5.79. The molecule has 0 aliphatic carbocycles. The molecule has 0 N–H and O–H groups in total. The number of hydrogen-bond acceptors (Lipinski definition) is 9. The molecule has 10 heteroatoms. The van der Waals surface area contributed by atoms with E-state index in [1.165, 1.54) is 0 Å². The van der Waals surface area contributed by atoms with Crippen LogP contribution in [0, 0.1) is 23.2 Å². The van der Waals surface area contributed by atoms with Crippen LogP contribution >= 0.6 is 0 Å². The molecule has 2 atom stereocenters. The van der Waals surface area contributed by atoms with E-state index in [1.807, 2.05) is 4.57 Å². The van der Waals surface area contributed by atoms with Gasteiger partial charge >= 0.3 is 0 Å². The van der Waals surface area contributed by atoms with Crippen LogP contribution in [0.3, 0.4) is 0 Å². The van der Waals surface area contributed by atoms with Crippen LogP contribution in [0.25, 0.3) is 11.2 Å². The zero-order chi connectivity index (χ0) is 19.8. The van der Waals surface area contributed by atoms with Gasteiger partial charge in [-0.25, -0.2) is 24.9 Å². The molecule has 5 rings (SSSR count). The molecule has 5 heterocycles. The number of nitrogens with zero attached hydrogens (tertiary/aromatic N) is 9. The Hall–Kier alpha value is -3.32. The fourth-order valence-corrected chi connectivity index (χ4v) is 4.43. The molecule has 0 amide bonds. The van der Waals surface area contributed by atoms with Gasteiger partial charge in [-0.1, -0.05) is 0 Å². The first kappa shape index (κ1) is 17.8. The number of fused-ring (bicyclic) bond motifs is 2. The predicted octanol–water partition coefficient (Wildman–Crippen LogP) is 0.707. The van der Waals surface area contributed by atoms with Gasteiger partial charge in [0.2, 0.25) is 0 Å². The number of imidazole rings is 1. The van der Waals surface area contributed by atoms with E-state index in [-0.39, 0.29) is 0 Å². The number of anilines is 2. The molecule has 0 saturated carbocycles. The first-order chi connectivity index (χ1) is 14.3. The van der Waals surface area contributed by atoms with Crippen LogP contribution in [0.2, 0.25) is 0 Å². The molecule has 0 bridgehead atoms. The summed E-state index contributed by atoms with van der Waals surface area (Å²) >= 11 is 0. The van der Waals surface area contributed by atoms with E-state index < -0.39 is 0 Å². The van der Waals surface area contributed by atoms with Crippen LogP contribution in [-0.4, -0.2) is 69.4 Å². The third kappa shape index (κ3) is 3.03. The van der Waals surface area contributed by atoms with Gasteiger partial charge in [-0.3, -0.25) is 0 Å². The third-order valence-corrected chi connectivity index (χ3v) is 5.79. The molecule has 148 valence electrons. The van der Waals surface area contributed by atoms with Crippen molar-refractivity contribution < 1.29 is 4.74 Å². The lowest BCUT2D eigenvalue weighted by atomic mass is 10.0. The van der Waals surface area contributed by atoms with Gasteiger partial charge in [-0.2, -0.15) is 5.26 Å². The molecular weight excluding hydrogens is 370 g/mol. The van der Waals surface area contributed by atoms with Crippen molar-refractivity contribution in [3.05, 3.63) is 30.7 Å². The van der Waals surface area contributed by atoms with Gasteiger partial charge in [-0.05, 0) is 0 Å². The average Bonchev–Trinajstić information content (AvgIpc) is 3.45.